The highest BCUT2D eigenvalue weighted by Gasteiger charge is 2.16. The van der Waals surface area contributed by atoms with E-state index in [0.717, 1.165) is 10.9 Å². The molecule has 0 atom stereocenters. The summed E-state index contributed by atoms with van der Waals surface area (Å²) in [5.74, 6) is -1.71. The molecule has 138 valence electrons. The highest BCUT2D eigenvalue weighted by atomic mass is 19.1. The number of phenols is 1. The first-order valence-electron chi connectivity index (χ1n) is 8.43. The minimum atomic E-state index is -0.771. The third-order valence-corrected chi connectivity index (χ3v) is 4.10. The Bertz CT molecular complexity index is 970. The summed E-state index contributed by atoms with van der Waals surface area (Å²) in [5.41, 5.74) is 0.891. The lowest BCUT2D eigenvalue weighted by atomic mass is 10.1. The van der Waals surface area contributed by atoms with Gasteiger partial charge in [0.05, 0.1) is 0 Å². The molecule has 0 aliphatic heterocycles. The van der Waals surface area contributed by atoms with Crippen LogP contribution in [-0.2, 0) is 16.0 Å². The van der Waals surface area contributed by atoms with Crippen molar-refractivity contribution in [2.24, 2.45) is 0 Å². The van der Waals surface area contributed by atoms with E-state index in [1.54, 1.807) is 30.3 Å². The van der Waals surface area contributed by atoms with E-state index in [-0.39, 0.29) is 17.1 Å². The van der Waals surface area contributed by atoms with E-state index in [2.05, 4.69) is 5.32 Å². The molecule has 27 heavy (non-hydrogen) atoms. The van der Waals surface area contributed by atoms with Crippen LogP contribution in [-0.4, -0.2) is 30.1 Å². The summed E-state index contributed by atoms with van der Waals surface area (Å²) in [6.07, 6.45) is 0.533. The monoisotopic (exact) mass is 367 g/mol. The Labute approximate surface area is 155 Å². The lowest BCUT2D eigenvalue weighted by molar-refractivity contribution is -0.124. The molecule has 6 heteroatoms. The number of carbonyl (C=O) groups is 2. The summed E-state index contributed by atoms with van der Waals surface area (Å²) >= 11 is 0. The fourth-order valence-corrected chi connectivity index (χ4v) is 2.68. The summed E-state index contributed by atoms with van der Waals surface area (Å²) in [4.78, 5) is 24.0. The minimum Gasteiger partial charge on any atom is -0.506 e. The van der Waals surface area contributed by atoms with Crippen LogP contribution in [0.15, 0.2) is 60.7 Å². The van der Waals surface area contributed by atoms with Crippen molar-refractivity contribution in [1.29, 1.82) is 0 Å². The van der Waals surface area contributed by atoms with Gasteiger partial charge in [0.15, 0.2) is 6.61 Å². The van der Waals surface area contributed by atoms with Gasteiger partial charge in [-0.25, -0.2) is 9.18 Å². The lowest BCUT2D eigenvalue weighted by Gasteiger charge is -2.09. The molecular formula is C21H18FNO4. The number of hydrogen-bond donors (Lipinski definition) is 2. The number of aromatic hydroxyl groups is 1. The van der Waals surface area contributed by atoms with Crippen LogP contribution in [0.4, 0.5) is 4.39 Å². The van der Waals surface area contributed by atoms with Gasteiger partial charge in [-0.3, -0.25) is 4.79 Å². The fourth-order valence-electron chi connectivity index (χ4n) is 2.68. The van der Waals surface area contributed by atoms with Gasteiger partial charge in [0, 0.05) is 11.9 Å². The van der Waals surface area contributed by atoms with Crippen LogP contribution >= 0.6 is 0 Å². The third-order valence-electron chi connectivity index (χ3n) is 4.10. The number of nitrogens with one attached hydrogen (secondary N) is 1. The summed E-state index contributed by atoms with van der Waals surface area (Å²) in [7, 11) is 0. The highest BCUT2D eigenvalue weighted by molar-refractivity contribution is 6.01. The molecule has 0 aliphatic carbocycles. The first kappa shape index (κ1) is 18.4. The number of fused-ring (bicyclic) bond motifs is 1. The summed E-state index contributed by atoms with van der Waals surface area (Å²) in [6.45, 7) is -0.113. The van der Waals surface area contributed by atoms with E-state index in [1.807, 2.05) is 12.1 Å². The zero-order chi connectivity index (χ0) is 19.2. The average Bonchev–Trinajstić information content (AvgIpc) is 2.68. The molecule has 5 nitrogen and oxygen atoms in total. The van der Waals surface area contributed by atoms with Crippen molar-refractivity contribution >= 4 is 22.6 Å². The number of amides is 1. The number of esters is 1. The van der Waals surface area contributed by atoms with Crippen LogP contribution in [0.2, 0.25) is 0 Å². The maximum atomic E-state index is 12.8. The van der Waals surface area contributed by atoms with Crippen LogP contribution < -0.4 is 5.32 Å². The van der Waals surface area contributed by atoms with E-state index in [1.165, 1.54) is 18.2 Å². The molecule has 0 saturated heterocycles. The molecule has 0 unspecified atom stereocenters. The number of ether oxygens (including phenoxy) is 1. The Morgan fingerprint density at radius 3 is 2.52 bits per heavy atom. The molecule has 1 amide bonds. The first-order chi connectivity index (χ1) is 13.0. The van der Waals surface area contributed by atoms with Gasteiger partial charge >= 0.3 is 5.97 Å². The molecule has 0 aromatic heterocycles. The Morgan fingerprint density at radius 1 is 1.00 bits per heavy atom. The molecule has 0 fully saturated rings. The van der Waals surface area contributed by atoms with Crippen molar-refractivity contribution in [3.8, 4) is 5.75 Å². The topological polar surface area (TPSA) is 75.6 Å². The van der Waals surface area contributed by atoms with Crippen molar-refractivity contribution in [1.82, 2.24) is 5.32 Å². The van der Waals surface area contributed by atoms with Gasteiger partial charge in [0.25, 0.3) is 5.91 Å². The normalized spacial score (nSPS) is 10.6. The second-order valence-electron chi connectivity index (χ2n) is 5.99. The van der Waals surface area contributed by atoms with Crippen molar-refractivity contribution in [2.75, 3.05) is 13.2 Å². The van der Waals surface area contributed by atoms with Gasteiger partial charge in [-0.2, -0.15) is 0 Å². The van der Waals surface area contributed by atoms with Crippen molar-refractivity contribution in [3.05, 3.63) is 77.6 Å². The third kappa shape index (κ3) is 4.61. The predicted octanol–water partition coefficient (Wildman–Crippen LogP) is 3.20. The summed E-state index contributed by atoms with van der Waals surface area (Å²) in [6, 6.07) is 16.3. The summed E-state index contributed by atoms with van der Waals surface area (Å²) < 4.78 is 17.8. The molecule has 0 saturated carbocycles. The number of benzene rings is 3. The number of phenolic OH excluding ortho intramolecular Hbond substituents is 1. The van der Waals surface area contributed by atoms with Gasteiger partial charge in [0.1, 0.15) is 17.1 Å². The molecular weight excluding hydrogens is 349 g/mol. The smallest absolute Gasteiger partial charge is 0.342 e. The molecule has 0 spiro atoms. The predicted molar refractivity (Wildman–Crippen MR) is 99.0 cm³/mol. The average molecular weight is 367 g/mol. The zero-order valence-corrected chi connectivity index (χ0v) is 14.4. The van der Waals surface area contributed by atoms with Gasteiger partial charge in [0.2, 0.25) is 0 Å². The van der Waals surface area contributed by atoms with Gasteiger partial charge < -0.3 is 15.2 Å². The van der Waals surface area contributed by atoms with Crippen molar-refractivity contribution in [3.63, 3.8) is 0 Å². The van der Waals surface area contributed by atoms with Crippen molar-refractivity contribution < 1.29 is 23.8 Å². The van der Waals surface area contributed by atoms with E-state index >= 15 is 0 Å². The van der Waals surface area contributed by atoms with Crippen LogP contribution in [0.3, 0.4) is 0 Å². The fraction of sp³-hybridized carbons (Fsp3) is 0.143. The Balaban J connectivity index is 1.50. The van der Waals surface area contributed by atoms with Gasteiger partial charge in [-0.15, -0.1) is 0 Å². The van der Waals surface area contributed by atoms with Crippen LogP contribution in [0.5, 0.6) is 5.75 Å². The molecule has 3 aromatic rings. The number of hydrogen-bond acceptors (Lipinski definition) is 4. The summed E-state index contributed by atoms with van der Waals surface area (Å²) in [5, 5.41) is 14.2. The largest absolute Gasteiger partial charge is 0.506 e. The second-order valence-corrected chi connectivity index (χ2v) is 5.99. The molecule has 0 radical (unpaired) electrons. The quantitative estimate of drug-likeness (QED) is 0.656. The van der Waals surface area contributed by atoms with Crippen LogP contribution in [0, 0.1) is 5.82 Å². The number of carbonyl (C=O) groups excluding carboxylic acids is 2. The molecule has 0 heterocycles. The van der Waals surface area contributed by atoms with E-state index < -0.39 is 18.5 Å². The standard InChI is InChI=1S/C21H18FNO4/c22-16-8-5-14(6-9-16)11-12-23-19(24)13-27-21(26)18-10-7-15-3-1-2-4-17(15)20(18)25/h1-10,25H,11-13H2,(H,23,24). The number of halogens is 1. The zero-order valence-electron chi connectivity index (χ0n) is 14.4. The molecule has 3 aromatic carbocycles. The molecule has 0 aliphatic rings. The maximum absolute atomic E-state index is 12.8. The van der Waals surface area contributed by atoms with E-state index in [4.69, 9.17) is 4.74 Å². The first-order valence-corrected chi connectivity index (χ1v) is 8.43. The minimum absolute atomic E-state index is 0.00723. The van der Waals surface area contributed by atoms with E-state index in [0.29, 0.717) is 18.4 Å². The number of rotatable bonds is 6. The second kappa shape index (κ2) is 8.31. The molecule has 2 N–H and O–H groups in total. The van der Waals surface area contributed by atoms with Gasteiger partial charge in [-0.1, -0.05) is 42.5 Å². The SMILES string of the molecule is O=C(COC(=O)c1ccc2ccccc2c1O)NCCc1ccc(F)cc1. The Kier molecular flexibility index (Phi) is 5.66. The van der Waals surface area contributed by atoms with Gasteiger partial charge in [-0.05, 0) is 35.6 Å². The maximum Gasteiger partial charge on any atom is 0.342 e. The Morgan fingerprint density at radius 2 is 1.74 bits per heavy atom. The van der Waals surface area contributed by atoms with Crippen molar-refractivity contribution in [2.45, 2.75) is 6.42 Å². The molecule has 3 rings (SSSR count). The Hall–Kier alpha value is -3.41. The highest BCUT2D eigenvalue weighted by Crippen LogP contribution is 2.28. The molecule has 0 bridgehead atoms. The van der Waals surface area contributed by atoms with E-state index in [9.17, 15) is 19.1 Å². The van der Waals surface area contributed by atoms with Crippen LogP contribution in [0.25, 0.3) is 10.8 Å². The lowest BCUT2D eigenvalue weighted by Crippen LogP contribution is -2.30. The van der Waals surface area contributed by atoms with Crippen LogP contribution in [0.1, 0.15) is 15.9 Å².